The SMILES string of the molecule is O=C(O)CCCc1cc(F)cc(OCC2CCC2)c1. The highest BCUT2D eigenvalue weighted by Gasteiger charge is 2.18. The highest BCUT2D eigenvalue weighted by atomic mass is 19.1. The van der Waals surface area contributed by atoms with Gasteiger partial charge >= 0.3 is 5.97 Å². The summed E-state index contributed by atoms with van der Waals surface area (Å²) in [5, 5.41) is 8.58. The zero-order valence-electron chi connectivity index (χ0n) is 10.9. The maximum atomic E-state index is 13.4. The molecule has 1 aromatic rings. The van der Waals surface area contributed by atoms with Crippen molar-refractivity contribution in [3.63, 3.8) is 0 Å². The van der Waals surface area contributed by atoms with Gasteiger partial charge in [0.05, 0.1) is 6.61 Å². The van der Waals surface area contributed by atoms with E-state index >= 15 is 0 Å². The Morgan fingerprint density at radius 1 is 1.37 bits per heavy atom. The van der Waals surface area contributed by atoms with Crippen molar-refractivity contribution >= 4 is 5.97 Å². The second-order valence-corrected chi connectivity index (χ2v) is 5.15. The number of carbonyl (C=O) groups is 1. The molecule has 0 heterocycles. The molecule has 0 saturated heterocycles. The molecule has 1 aliphatic carbocycles. The van der Waals surface area contributed by atoms with Crippen LogP contribution in [0.2, 0.25) is 0 Å². The van der Waals surface area contributed by atoms with Gasteiger partial charge in [0.25, 0.3) is 0 Å². The maximum Gasteiger partial charge on any atom is 0.303 e. The van der Waals surface area contributed by atoms with Gasteiger partial charge in [-0.3, -0.25) is 4.79 Å². The smallest absolute Gasteiger partial charge is 0.303 e. The van der Waals surface area contributed by atoms with Crippen LogP contribution in [-0.2, 0) is 11.2 Å². The van der Waals surface area contributed by atoms with Crippen molar-refractivity contribution in [1.29, 1.82) is 0 Å². The summed E-state index contributed by atoms with van der Waals surface area (Å²) in [4.78, 5) is 10.4. The van der Waals surface area contributed by atoms with Gasteiger partial charge in [-0.15, -0.1) is 0 Å². The van der Waals surface area contributed by atoms with Crippen LogP contribution in [-0.4, -0.2) is 17.7 Å². The number of aliphatic carboxylic acids is 1. The zero-order chi connectivity index (χ0) is 13.7. The van der Waals surface area contributed by atoms with E-state index in [4.69, 9.17) is 9.84 Å². The van der Waals surface area contributed by atoms with Gasteiger partial charge in [0.1, 0.15) is 11.6 Å². The molecule has 1 aromatic carbocycles. The highest BCUT2D eigenvalue weighted by molar-refractivity contribution is 5.66. The number of carboxylic acids is 1. The van der Waals surface area contributed by atoms with Gasteiger partial charge in [-0.05, 0) is 49.3 Å². The fourth-order valence-electron chi connectivity index (χ4n) is 2.17. The summed E-state index contributed by atoms with van der Waals surface area (Å²) >= 11 is 0. The third kappa shape index (κ3) is 4.54. The normalized spacial score (nSPS) is 15.0. The lowest BCUT2D eigenvalue weighted by Crippen LogP contribution is -2.19. The maximum absolute atomic E-state index is 13.4. The first-order valence-corrected chi connectivity index (χ1v) is 6.77. The first kappa shape index (κ1) is 13.8. The van der Waals surface area contributed by atoms with E-state index in [2.05, 4.69) is 0 Å². The minimum atomic E-state index is -0.821. The molecule has 0 aromatic heterocycles. The van der Waals surface area contributed by atoms with Gasteiger partial charge < -0.3 is 9.84 Å². The second kappa shape index (κ2) is 6.55. The van der Waals surface area contributed by atoms with E-state index in [0.717, 1.165) is 5.56 Å². The van der Waals surface area contributed by atoms with Gasteiger partial charge in [-0.2, -0.15) is 0 Å². The lowest BCUT2D eigenvalue weighted by molar-refractivity contribution is -0.137. The fourth-order valence-corrected chi connectivity index (χ4v) is 2.17. The summed E-state index contributed by atoms with van der Waals surface area (Å²) in [6.07, 6.45) is 4.83. The molecule has 0 bridgehead atoms. The van der Waals surface area contributed by atoms with Gasteiger partial charge in [-0.1, -0.05) is 6.42 Å². The van der Waals surface area contributed by atoms with E-state index in [0.29, 0.717) is 31.1 Å². The Kier molecular flexibility index (Phi) is 4.77. The second-order valence-electron chi connectivity index (χ2n) is 5.15. The molecule has 3 nitrogen and oxygen atoms in total. The van der Waals surface area contributed by atoms with Crippen LogP contribution in [0, 0.1) is 11.7 Å². The van der Waals surface area contributed by atoms with Crippen LogP contribution < -0.4 is 4.74 Å². The molecular formula is C15H19FO3. The Balaban J connectivity index is 1.87. The van der Waals surface area contributed by atoms with Gasteiger partial charge in [-0.25, -0.2) is 4.39 Å². The Morgan fingerprint density at radius 3 is 2.79 bits per heavy atom. The number of halogens is 1. The highest BCUT2D eigenvalue weighted by Crippen LogP contribution is 2.27. The Hall–Kier alpha value is -1.58. The molecule has 19 heavy (non-hydrogen) atoms. The lowest BCUT2D eigenvalue weighted by Gasteiger charge is -2.25. The van der Waals surface area contributed by atoms with Crippen LogP contribution in [0.5, 0.6) is 5.75 Å². The standard InChI is InChI=1S/C15H19FO3/c16-13-7-12(5-2-6-15(17)18)8-14(9-13)19-10-11-3-1-4-11/h7-9,11H,1-6,10H2,(H,17,18). The molecule has 0 unspecified atom stereocenters. The van der Waals surface area contributed by atoms with E-state index < -0.39 is 5.97 Å². The largest absolute Gasteiger partial charge is 0.493 e. The molecule has 0 aliphatic heterocycles. The topological polar surface area (TPSA) is 46.5 Å². The summed E-state index contributed by atoms with van der Waals surface area (Å²) < 4.78 is 19.0. The zero-order valence-corrected chi connectivity index (χ0v) is 10.9. The van der Waals surface area contributed by atoms with Crippen LogP contribution in [0.4, 0.5) is 4.39 Å². The average molecular weight is 266 g/mol. The quantitative estimate of drug-likeness (QED) is 0.822. The summed E-state index contributed by atoms with van der Waals surface area (Å²) in [7, 11) is 0. The third-order valence-corrected chi connectivity index (χ3v) is 3.50. The molecule has 0 amide bonds. The van der Waals surface area contributed by atoms with Gasteiger partial charge in [0, 0.05) is 12.5 Å². The Labute approximate surface area is 112 Å². The molecule has 1 fully saturated rings. The van der Waals surface area contributed by atoms with Crippen LogP contribution in [0.1, 0.15) is 37.7 Å². The Morgan fingerprint density at radius 2 is 2.16 bits per heavy atom. The van der Waals surface area contributed by atoms with Crippen LogP contribution in [0.3, 0.4) is 0 Å². The number of hydrogen-bond donors (Lipinski definition) is 1. The predicted octanol–water partition coefficient (Wildman–Crippen LogP) is 3.41. The van der Waals surface area contributed by atoms with E-state index in [-0.39, 0.29) is 12.2 Å². The van der Waals surface area contributed by atoms with Gasteiger partial charge in [0.2, 0.25) is 0 Å². The average Bonchev–Trinajstić information content (AvgIpc) is 2.25. The van der Waals surface area contributed by atoms with Crippen molar-refractivity contribution in [2.24, 2.45) is 5.92 Å². The first-order valence-electron chi connectivity index (χ1n) is 6.77. The van der Waals surface area contributed by atoms with E-state index in [1.165, 1.54) is 31.4 Å². The van der Waals surface area contributed by atoms with Crippen LogP contribution in [0.15, 0.2) is 18.2 Å². The number of benzene rings is 1. The Bertz CT molecular complexity index is 441. The summed E-state index contributed by atoms with van der Waals surface area (Å²) in [6, 6.07) is 4.64. The fraction of sp³-hybridized carbons (Fsp3) is 0.533. The van der Waals surface area contributed by atoms with Crippen LogP contribution >= 0.6 is 0 Å². The van der Waals surface area contributed by atoms with Crippen molar-refractivity contribution in [1.82, 2.24) is 0 Å². The third-order valence-electron chi connectivity index (χ3n) is 3.50. The lowest BCUT2D eigenvalue weighted by atomic mass is 9.86. The molecule has 0 radical (unpaired) electrons. The molecule has 1 aliphatic rings. The first-order chi connectivity index (χ1) is 9.13. The van der Waals surface area contributed by atoms with E-state index in [1.807, 2.05) is 6.07 Å². The minimum Gasteiger partial charge on any atom is -0.493 e. The van der Waals surface area contributed by atoms with Crippen molar-refractivity contribution in [2.45, 2.75) is 38.5 Å². The molecule has 0 atom stereocenters. The molecule has 2 rings (SSSR count). The number of rotatable bonds is 7. The van der Waals surface area contributed by atoms with Gasteiger partial charge in [0.15, 0.2) is 0 Å². The number of ether oxygens (including phenoxy) is 1. The number of carboxylic acid groups (broad SMARTS) is 1. The molecule has 0 spiro atoms. The predicted molar refractivity (Wildman–Crippen MR) is 69.8 cm³/mol. The van der Waals surface area contributed by atoms with Crippen molar-refractivity contribution < 1.29 is 19.0 Å². The number of aryl methyl sites for hydroxylation is 1. The molecular weight excluding hydrogens is 247 g/mol. The molecule has 1 N–H and O–H groups in total. The van der Waals surface area contributed by atoms with Crippen molar-refractivity contribution in [2.75, 3.05) is 6.61 Å². The van der Waals surface area contributed by atoms with E-state index in [1.54, 1.807) is 0 Å². The molecule has 1 saturated carbocycles. The molecule has 4 heteroatoms. The van der Waals surface area contributed by atoms with E-state index in [9.17, 15) is 9.18 Å². The number of hydrogen-bond acceptors (Lipinski definition) is 2. The summed E-state index contributed by atoms with van der Waals surface area (Å²) in [5.74, 6) is 0.0187. The van der Waals surface area contributed by atoms with Crippen LogP contribution in [0.25, 0.3) is 0 Å². The monoisotopic (exact) mass is 266 g/mol. The minimum absolute atomic E-state index is 0.106. The summed E-state index contributed by atoms with van der Waals surface area (Å²) in [5.41, 5.74) is 0.796. The molecule has 104 valence electrons. The van der Waals surface area contributed by atoms with Crippen molar-refractivity contribution in [3.8, 4) is 5.75 Å². The summed E-state index contributed by atoms with van der Waals surface area (Å²) in [6.45, 7) is 0.651. The van der Waals surface area contributed by atoms with Crippen molar-refractivity contribution in [3.05, 3.63) is 29.6 Å².